The predicted octanol–water partition coefficient (Wildman–Crippen LogP) is 1.04. The standard InChI is InChI=1S/C20H24N4O6S2/c21-32(27,28)30-9-14-5-15(6-17(14)25)24-20-16(7-22-11-23-20)19(26)18-4-13(10-31-18)3-12-1-2-29-8-12/h1,4,7,10-11,14-15,17,25H,2-3,5-6,8-9H2,(H2,21,27,28)(H,22,23,24)/t14-,15-,17+/m1/s1. The van der Waals surface area contributed by atoms with Gasteiger partial charge in [-0.2, -0.15) is 8.42 Å². The number of ketones is 1. The Kier molecular flexibility index (Phi) is 6.98. The Balaban J connectivity index is 1.43. The molecule has 3 heterocycles. The quantitative estimate of drug-likeness (QED) is 0.353. The highest BCUT2D eigenvalue weighted by Crippen LogP contribution is 2.30. The molecule has 0 unspecified atom stereocenters. The van der Waals surface area contributed by atoms with Crippen LogP contribution in [0.25, 0.3) is 0 Å². The number of ether oxygens (including phenoxy) is 1. The third-order valence-electron chi connectivity index (χ3n) is 5.49. The molecule has 10 nitrogen and oxygen atoms in total. The second-order valence-electron chi connectivity index (χ2n) is 7.91. The van der Waals surface area contributed by atoms with Crippen molar-refractivity contribution in [1.82, 2.24) is 9.97 Å². The Hall–Kier alpha value is -2.22. The number of hydrogen-bond donors (Lipinski definition) is 3. The molecule has 2 aliphatic rings. The van der Waals surface area contributed by atoms with E-state index in [0.717, 1.165) is 12.0 Å². The number of anilines is 1. The molecule has 32 heavy (non-hydrogen) atoms. The van der Waals surface area contributed by atoms with E-state index in [0.29, 0.717) is 42.3 Å². The van der Waals surface area contributed by atoms with Gasteiger partial charge in [-0.1, -0.05) is 6.08 Å². The van der Waals surface area contributed by atoms with Crippen LogP contribution in [0, 0.1) is 5.92 Å². The molecule has 1 fully saturated rings. The number of nitrogens with one attached hydrogen (secondary N) is 1. The first-order chi connectivity index (χ1) is 15.3. The van der Waals surface area contributed by atoms with Gasteiger partial charge in [-0.05, 0) is 41.8 Å². The van der Waals surface area contributed by atoms with Crippen LogP contribution in [-0.4, -0.2) is 61.2 Å². The highest BCUT2D eigenvalue weighted by Gasteiger charge is 2.34. The zero-order valence-corrected chi connectivity index (χ0v) is 18.8. The normalized spacial score (nSPS) is 23.3. The van der Waals surface area contributed by atoms with Crippen molar-refractivity contribution in [1.29, 1.82) is 0 Å². The van der Waals surface area contributed by atoms with Gasteiger partial charge < -0.3 is 15.2 Å². The fraction of sp³-hybridized carbons (Fsp3) is 0.450. The van der Waals surface area contributed by atoms with E-state index in [1.54, 1.807) is 0 Å². The van der Waals surface area contributed by atoms with Gasteiger partial charge in [-0.25, -0.2) is 15.1 Å². The highest BCUT2D eigenvalue weighted by atomic mass is 32.2. The summed E-state index contributed by atoms with van der Waals surface area (Å²) in [5.41, 5.74) is 2.59. The molecule has 3 atom stereocenters. The summed E-state index contributed by atoms with van der Waals surface area (Å²) < 4.78 is 32.0. The minimum atomic E-state index is -4.07. The molecule has 1 aliphatic heterocycles. The molecule has 0 amide bonds. The maximum absolute atomic E-state index is 13.1. The summed E-state index contributed by atoms with van der Waals surface area (Å²) in [6, 6.07) is 1.66. The molecule has 172 valence electrons. The Morgan fingerprint density at radius 1 is 1.41 bits per heavy atom. The number of carbonyl (C=O) groups excluding carboxylic acids is 1. The van der Waals surface area contributed by atoms with Crippen molar-refractivity contribution in [2.24, 2.45) is 11.1 Å². The van der Waals surface area contributed by atoms with Crippen molar-refractivity contribution in [3.63, 3.8) is 0 Å². The average Bonchev–Trinajstić information content (AvgIpc) is 3.48. The highest BCUT2D eigenvalue weighted by molar-refractivity contribution is 7.84. The molecule has 0 aromatic carbocycles. The first-order valence-electron chi connectivity index (χ1n) is 10.1. The number of nitrogens with two attached hydrogens (primary N) is 1. The lowest BCUT2D eigenvalue weighted by molar-refractivity contribution is 0.101. The Morgan fingerprint density at radius 2 is 2.25 bits per heavy atom. The Morgan fingerprint density at radius 3 is 3.00 bits per heavy atom. The molecule has 0 radical (unpaired) electrons. The van der Waals surface area contributed by atoms with Crippen LogP contribution < -0.4 is 10.5 Å². The molecule has 4 N–H and O–H groups in total. The lowest BCUT2D eigenvalue weighted by atomic mass is 10.1. The first kappa shape index (κ1) is 23.0. The maximum Gasteiger partial charge on any atom is 0.333 e. The third-order valence-corrected chi connectivity index (χ3v) is 6.93. The number of aromatic nitrogens is 2. The second-order valence-corrected chi connectivity index (χ2v) is 10.0. The van der Waals surface area contributed by atoms with E-state index < -0.39 is 22.3 Å². The Labute approximate surface area is 189 Å². The van der Waals surface area contributed by atoms with E-state index in [9.17, 15) is 18.3 Å². The summed E-state index contributed by atoms with van der Waals surface area (Å²) in [5, 5.41) is 20.3. The fourth-order valence-electron chi connectivity index (χ4n) is 3.92. The van der Waals surface area contributed by atoms with Crippen LogP contribution in [0.3, 0.4) is 0 Å². The van der Waals surface area contributed by atoms with E-state index in [4.69, 9.17) is 9.88 Å². The Bertz CT molecular complexity index is 1120. The minimum Gasteiger partial charge on any atom is -0.393 e. The van der Waals surface area contributed by atoms with E-state index in [1.807, 2.05) is 11.4 Å². The molecule has 1 saturated carbocycles. The van der Waals surface area contributed by atoms with Crippen molar-refractivity contribution in [2.75, 3.05) is 25.1 Å². The number of carbonyl (C=O) groups is 1. The van der Waals surface area contributed by atoms with Gasteiger partial charge in [0.1, 0.15) is 12.1 Å². The summed E-state index contributed by atoms with van der Waals surface area (Å²) in [4.78, 5) is 21.9. The second kappa shape index (κ2) is 9.73. The topological polar surface area (TPSA) is 154 Å². The van der Waals surface area contributed by atoms with E-state index in [2.05, 4.69) is 25.5 Å². The van der Waals surface area contributed by atoms with Crippen molar-refractivity contribution in [3.8, 4) is 0 Å². The number of aliphatic hydroxyl groups is 1. The first-order valence-corrected chi connectivity index (χ1v) is 12.4. The summed E-state index contributed by atoms with van der Waals surface area (Å²) in [7, 11) is -4.07. The van der Waals surface area contributed by atoms with Gasteiger partial charge in [0.05, 0.1) is 36.4 Å². The fourth-order valence-corrected chi connectivity index (χ4v) is 5.15. The van der Waals surface area contributed by atoms with Crippen molar-refractivity contribution >= 4 is 33.2 Å². The molecule has 2 aromatic rings. The minimum absolute atomic E-state index is 0.186. The summed E-state index contributed by atoms with van der Waals surface area (Å²) in [6.45, 7) is 1.05. The molecule has 0 bridgehead atoms. The number of rotatable bonds is 9. The maximum atomic E-state index is 13.1. The van der Waals surface area contributed by atoms with Crippen LogP contribution in [0.2, 0.25) is 0 Å². The zero-order valence-electron chi connectivity index (χ0n) is 17.1. The zero-order chi connectivity index (χ0) is 22.7. The number of hydrogen-bond acceptors (Lipinski definition) is 10. The SMILES string of the molecule is NS(=O)(=O)OC[C@H]1C[C@@H](Nc2ncncc2C(=O)c2cc(CC3=CCOC3)cs2)C[C@@H]1O. The molecule has 4 rings (SSSR count). The van der Waals surface area contributed by atoms with E-state index in [1.165, 1.54) is 29.4 Å². The summed E-state index contributed by atoms with van der Waals surface area (Å²) in [5.74, 6) is -0.216. The molecule has 2 aromatic heterocycles. The van der Waals surface area contributed by atoms with Crippen LogP contribution in [-0.2, 0) is 25.6 Å². The van der Waals surface area contributed by atoms with Crippen molar-refractivity contribution < 1.29 is 27.2 Å². The number of aliphatic hydroxyl groups excluding tert-OH is 1. The van der Waals surface area contributed by atoms with Crippen molar-refractivity contribution in [2.45, 2.75) is 31.4 Å². The molecule has 1 aliphatic carbocycles. The third kappa shape index (κ3) is 5.77. The number of nitrogens with zero attached hydrogens (tertiary/aromatic N) is 2. The largest absolute Gasteiger partial charge is 0.393 e. The van der Waals surface area contributed by atoms with Crippen LogP contribution in [0.1, 0.15) is 33.6 Å². The molecule has 0 saturated heterocycles. The predicted molar refractivity (Wildman–Crippen MR) is 118 cm³/mol. The smallest absolute Gasteiger partial charge is 0.333 e. The monoisotopic (exact) mass is 480 g/mol. The average molecular weight is 481 g/mol. The van der Waals surface area contributed by atoms with Gasteiger partial charge in [0.2, 0.25) is 5.78 Å². The molecule has 0 spiro atoms. The van der Waals surface area contributed by atoms with Gasteiger partial charge >= 0.3 is 10.3 Å². The number of thiophene rings is 1. The molecule has 12 heteroatoms. The van der Waals surface area contributed by atoms with Gasteiger partial charge in [0, 0.05) is 18.2 Å². The molecular formula is C20H24N4O6S2. The van der Waals surface area contributed by atoms with E-state index in [-0.39, 0.29) is 18.4 Å². The van der Waals surface area contributed by atoms with Gasteiger partial charge in [-0.15, -0.1) is 11.3 Å². The van der Waals surface area contributed by atoms with Crippen LogP contribution in [0.5, 0.6) is 0 Å². The van der Waals surface area contributed by atoms with Crippen LogP contribution in [0.4, 0.5) is 5.82 Å². The van der Waals surface area contributed by atoms with Gasteiger partial charge in [-0.3, -0.25) is 8.98 Å². The summed E-state index contributed by atoms with van der Waals surface area (Å²) in [6.07, 6.45) is 5.66. The lowest BCUT2D eigenvalue weighted by Crippen LogP contribution is -2.24. The van der Waals surface area contributed by atoms with E-state index >= 15 is 0 Å². The lowest BCUT2D eigenvalue weighted by Gasteiger charge is -2.15. The van der Waals surface area contributed by atoms with Crippen molar-refractivity contribution in [3.05, 3.63) is 51.6 Å². The summed E-state index contributed by atoms with van der Waals surface area (Å²) >= 11 is 1.37. The molecular weight excluding hydrogens is 456 g/mol. The van der Waals surface area contributed by atoms with Gasteiger partial charge in [0.15, 0.2) is 0 Å². The van der Waals surface area contributed by atoms with Crippen LogP contribution in [0.15, 0.2) is 35.6 Å². The van der Waals surface area contributed by atoms with Crippen LogP contribution >= 0.6 is 11.3 Å². The van der Waals surface area contributed by atoms with Gasteiger partial charge in [0.25, 0.3) is 0 Å².